The Labute approximate surface area is 228 Å². The number of rotatable bonds is 6. The molecule has 1 aromatic carbocycles. The fourth-order valence-corrected chi connectivity index (χ4v) is 6.00. The Hall–Kier alpha value is -4.41. The van der Waals surface area contributed by atoms with Crippen molar-refractivity contribution in [2.45, 2.75) is 31.8 Å². The van der Waals surface area contributed by atoms with Gasteiger partial charge in [0.1, 0.15) is 22.2 Å². The van der Waals surface area contributed by atoms with Crippen molar-refractivity contribution >= 4 is 39.8 Å². The molecule has 1 aliphatic rings. The van der Waals surface area contributed by atoms with Gasteiger partial charge in [-0.1, -0.05) is 6.07 Å². The van der Waals surface area contributed by atoms with Gasteiger partial charge in [-0.15, -0.1) is 11.3 Å². The van der Waals surface area contributed by atoms with Crippen LogP contribution < -0.4 is 10.1 Å². The van der Waals surface area contributed by atoms with Crippen molar-refractivity contribution in [1.82, 2.24) is 19.9 Å². The highest BCUT2D eigenvalue weighted by Gasteiger charge is 2.39. The molecule has 0 aliphatic heterocycles. The summed E-state index contributed by atoms with van der Waals surface area (Å²) in [5, 5.41) is 25.9. The second-order valence-corrected chi connectivity index (χ2v) is 10.6. The summed E-state index contributed by atoms with van der Waals surface area (Å²) in [7, 11) is 1.58. The lowest BCUT2D eigenvalue weighted by Crippen LogP contribution is -2.32. The van der Waals surface area contributed by atoms with E-state index in [9.17, 15) is 15.0 Å². The number of ether oxygens (including phenoxy) is 1. The Bertz CT molecular complexity index is 1740. The first kappa shape index (κ1) is 24.9. The topological polar surface area (TPSA) is 130 Å². The van der Waals surface area contributed by atoms with Crippen molar-refractivity contribution in [3.05, 3.63) is 88.2 Å². The largest absolute Gasteiger partial charge is 0.481 e. The van der Waals surface area contributed by atoms with Gasteiger partial charge in [0.2, 0.25) is 5.88 Å². The molecule has 0 radical (unpaired) electrons. The zero-order valence-electron chi connectivity index (χ0n) is 21.3. The molecule has 3 N–H and O–H groups in total. The summed E-state index contributed by atoms with van der Waals surface area (Å²) in [6.45, 7) is 1.99. The minimum atomic E-state index is -1.27. The third kappa shape index (κ3) is 4.68. The summed E-state index contributed by atoms with van der Waals surface area (Å²) >= 11 is 1.39. The van der Waals surface area contributed by atoms with Crippen LogP contribution >= 0.6 is 11.3 Å². The lowest BCUT2D eigenvalue weighted by molar-refractivity contribution is 0.0607. The van der Waals surface area contributed by atoms with Crippen molar-refractivity contribution in [3.8, 4) is 16.5 Å². The van der Waals surface area contributed by atoms with Gasteiger partial charge < -0.3 is 20.3 Å². The summed E-state index contributed by atoms with van der Waals surface area (Å²) in [4.78, 5) is 30.5. The van der Waals surface area contributed by atoms with E-state index in [4.69, 9.17) is 9.72 Å². The Balaban J connectivity index is 1.30. The van der Waals surface area contributed by atoms with Gasteiger partial charge in [0.15, 0.2) is 0 Å². The fraction of sp³-hybridized carbons (Fsp3) is 0.207. The summed E-state index contributed by atoms with van der Waals surface area (Å²) < 4.78 is 5.19. The molecule has 5 aromatic rings. The predicted molar refractivity (Wildman–Crippen MR) is 149 cm³/mol. The van der Waals surface area contributed by atoms with E-state index in [1.165, 1.54) is 11.3 Å². The molecule has 1 aliphatic carbocycles. The van der Waals surface area contributed by atoms with E-state index in [1.807, 2.05) is 31.2 Å². The predicted octanol–water partition coefficient (Wildman–Crippen LogP) is 5.48. The number of pyridine rings is 3. The van der Waals surface area contributed by atoms with E-state index >= 15 is 0 Å². The molecule has 0 fully saturated rings. The fourth-order valence-electron chi connectivity index (χ4n) is 4.99. The zero-order chi connectivity index (χ0) is 27.1. The number of aryl methyl sites for hydroxylation is 2. The van der Waals surface area contributed by atoms with E-state index in [-0.39, 0.29) is 5.56 Å². The van der Waals surface area contributed by atoms with Crippen LogP contribution in [0, 0.1) is 6.92 Å². The van der Waals surface area contributed by atoms with Crippen LogP contribution in [-0.4, -0.2) is 43.2 Å². The first-order valence-electron chi connectivity index (χ1n) is 12.4. The van der Waals surface area contributed by atoms with Crippen molar-refractivity contribution in [1.29, 1.82) is 0 Å². The number of thiazole rings is 1. The lowest BCUT2D eigenvalue weighted by Gasteiger charge is -2.33. The van der Waals surface area contributed by atoms with Crippen LogP contribution in [0.15, 0.2) is 60.9 Å². The number of aromatic carboxylic acids is 1. The zero-order valence-corrected chi connectivity index (χ0v) is 22.1. The Kier molecular flexibility index (Phi) is 6.20. The summed E-state index contributed by atoms with van der Waals surface area (Å²) in [6.07, 6.45) is 5.39. The molecule has 196 valence electrons. The molecule has 0 saturated heterocycles. The number of hydrogen-bond acceptors (Lipinski definition) is 9. The van der Waals surface area contributed by atoms with Gasteiger partial charge in [-0.05, 0) is 79.3 Å². The molecule has 0 saturated carbocycles. The Morgan fingerprint density at radius 3 is 2.74 bits per heavy atom. The van der Waals surface area contributed by atoms with Gasteiger partial charge in [0.25, 0.3) is 0 Å². The van der Waals surface area contributed by atoms with Crippen LogP contribution in [0.25, 0.3) is 21.5 Å². The number of carboxylic acid groups (broad SMARTS) is 1. The molecule has 10 heteroatoms. The van der Waals surface area contributed by atoms with Crippen molar-refractivity contribution in [2.75, 3.05) is 12.4 Å². The van der Waals surface area contributed by atoms with Gasteiger partial charge in [0.05, 0.1) is 35.0 Å². The summed E-state index contributed by atoms with van der Waals surface area (Å²) in [5.74, 6) is 0.827. The van der Waals surface area contributed by atoms with Crippen molar-refractivity contribution in [3.63, 3.8) is 0 Å². The smallest absolute Gasteiger partial charge is 0.335 e. The van der Waals surface area contributed by atoms with Crippen LogP contribution in [0.2, 0.25) is 0 Å². The maximum atomic E-state index is 11.8. The average Bonchev–Trinajstić information content (AvgIpc) is 3.44. The number of nitrogens with zero attached hydrogens (tertiary/aromatic N) is 4. The van der Waals surface area contributed by atoms with Crippen LogP contribution in [0.1, 0.15) is 44.9 Å². The molecule has 6 rings (SSSR count). The molecule has 0 amide bonds. The van der Waals surface area contributed by atoms with Crippen molar-refractivity contribution in [2.24, 2.45) is 0 Å². The van der Waals surface area contributed by atoms with Crippen molar-refractivity contribution < 1.29 is 19.7 Å². The molecule has 9 nitrogen and oxygen atoms in total. The van der Waals surface area contributed by atoms with E-state index in [0.29, 0.717) is 34.5 Å². The van der Waals surface area contributed by atoms with Gasteiger partial charge in [-0.25, -0.2) is 24.7 Å². The highest BCUT2D eigenvalue weighted by atomic mass is 32.1. The number of aromatic nitrogens is 4. The SMILES string of the molecule is COc1ccc2cc(Nc3cc(C)cc(-c4cnc([C@]5(O)CCCc6cc(C(=O)O)ccc65)s4)n3)ncc2n1. The number of fused-ring (bicyclic) bond motifs is 2. The monoisotopic (exact) mass is 539 g/mol. The minimum absolute atomic E-state index is 0.221. The standard InChI is InChI=1S/C29H25N5O4S/c1-16-10-21(32-25(11-16)34-24-13-18-6-8-26(38-2)33-22(18)14-30-24)23-15-31-28(39-23)29(37)9-3-4-17-12-19(27(35)36)5-7-20(17)29/h5-8,10-15,37H,3-4,9H2,1-2H3,(H,35,36)(H,30,32,34)/t29-/m0/s1. The Morgan fingerprint density at radius 2 is 1.92 bits per heavy atom. The quantitative estimate of drug-likeness (QED) is 0.257. The number of methoxy groups -OCH3 is 1. The third-order valence-electron chi connectivity index (χ3n) is 6.88. The van der Waals surface area contributed by atoms with E-state index in [1.54, 1.807) is 43.8 Å². The molecule has 1 atom stereocenters. The van der Waals surface area contributed by atoms with Gasteiger partial charge >= 0.3 is 5.97 Å². The number of benzene rings is 1. The van der Waals surface area contributed by atoms with Crippen LogP contribution in [0.4, 0.5) is 11.6 Å². The normalized spacial score (nSPS) is 16.6. The minimum Gasteiger partial charge on any atom is -0.481 e. The van der Waals surface area contributed by atoms with Gasteiger partial charge in [0, 0.05) is 17.6 Å². The first-order chi connectivity index (χ1) is 18.8. The van der Waals surface area contributed by atoms with Crippen LogP contribution in [0.5, 0.6) is 5.88 Å². The lowest BCUT2D eigenvalue weighted by atomic mass is 9.79. The second kappa shape index (κ2) is 9.72. The molecule has 4 aromatic heterocycles. The highest BCUT2D eigenvalue weighted by molar-refractivity contribution is 7.15. The molecule has 4 heterocycles. The number of aliphatic hydroxyl groups is 1. The molecular weight excluding hydrogens is 514 g/mol. The Morgan fingerprint density at radius 1 is 1.05 bits per heavy atom. The number of anilines is 2. The maximum absolute atomic E-state index is 11.8. The van der Waals surface area contributed by atoms with Crippen LogP contribution in [0.3, 0.4) is 0 Å². The van der Waals surface area contributed by atoms with Gasteiger partial charge in [-0.3, -0.25) is 0 Å². The molecular formula is C29H25N5O4S. The van der Waals surface area contributed by atoms with Crippen LogP contribution in [-0.2, 0) is 12.0 Å². The van der Waals surface area contributed by atoms with Gasteiger partial charge in [-0.2, -0.15) is 0 Å². The third-order valence-corrected chi connectivity index (χ3v) is 8.05. The second-order valence-electron chi connectivity index (χ2n) is 9.58. The van der Waals surface area contributed by atoms with E-state index < -0.39 is 11.6 Å². The highest BCUT2D eigenvalue weighted by Crippen LogP contribution is 2.43. The summed E-state index contributed by atoms with van der Waals surface area (Å²) in [5.41, 5.74) is 2.98. The number of hydrogen-bond donors (Lipinski definition) is 3. The number of carbonyl (C=O) groups is 1. The molecule has 0 spiro atoms. The number of carboxylic acids is 1. The molecule has 0 unspecified atom stereocenters. The first-order valence-corrected chi connectivity index (χ1v) is 13.3. The van der Waals surface area contributed by atoms with E-state index in [2.05, 4.69) is 20.3 Å². The summed E-state index contributed by atoms with van der Waals surface area (Å²) in [6, 6.07) is 14.5. The molecule has 39 heavy (non-hydrogen) atoms. The maximum Gasteiger partial charge on any atom is 0.335 e. The molecule has 0 bridgehead atoms. The number of nitrogens with one attached hydrogen (secondary N) is 1. The van der Waals surface area contributed by atoms with E-state index in [0.717, 1.165) is 45.4 Å². The average molecular weight is 540 g/mol.